The standard InChI is InChI=1S/C17H21N3O2S/c1-3-4-11-5-7-13-14(9-11)23-17(19-13)20-16(21)12-6-8-15(22-2)18-10-12/h6,8,10-11H,3-5,7,9H2,1-2H3,(H,19,20,21). The van der Waals surface area contributed by atoms with Crippen molar-refractivity contribution in [1.29, 1.82) is 0 Å². The lowest BCUT2D eigenvalue weighted by Gasteiger charge is -2.19. The van der Waals surface area contributed by atoms with Crippen LogP contribution in [0, 0.1) is 5.92 Å². The van der Waals surface area contributed by atoms with Gasteiger partial charge in [-0.1, -0.05) is 19.8 Å². The van der Waals surface area contributed by atoms with Crippen LogP contribution in [0.2, 0.25) is 0 Å². The maximum Gasteiger partial charge on any atom is 0.259 e. The molecule has 1 amide bonds. The molecule has 23 heavy (non-hydrogen) atoms. The molecular weight excluding hydrogens is 310 g/mol. The number of nitrogens with zero attached hydrogens (tertiary/aromatic N) is 2. The highest BCUT2D eigenvalue weighted by atomic mass is 32.1. The number of amides is 1. The number of carbonyl (C=O) groups excluding carboxylic acids is 1. The summed E-state index contributed by atoms with van der Waals surface area (Å²) in [5.41, 5.74) is 1.66. The number of rotatable bonds is 5. The third kappa shape index (κ3) is 3.69. The first kappa shape index (κ1) is 15.9. The summed E-state index contributed by atoms with van der Waals surface area (Å²) in [4.78, 5) is 22.2. The number of anilines is 1. The highest BCUT2D eigenvalue weighted by Gasteiger charge is 2.22. The van der Waals surface area contributed by atoms with Crippen molar-refractivity contribution in [3.63, 3.8) is 0 Å². The molecule has 0 radical (unpaired) electrons. The molecule has 0 bridgehead atoms. The van der Waals surface area contributed by atoms with Crippen LogP contribution >= 0.6 is 11.3 Å². The predicted octanol–water partition coefficient (Wildman–Crippen LogP) is 3.70. The van der Waals surface area contributed by atoms with Crippen molar-refractivity contribution in [2.45, 2.75) is 39.0 Å². The molecule has 6 heteroatoms. The fourth-order valence-corrected chi connectivity index (χ4v) is 4.07. The van der Waals surface area contributed by atoms with Gasteiger partial charge in [0.05, 0.1) is 18.4 Å². The summed E-state index contributed by atoms with van der Waals surface area (Å²) in [5, 5.41) is 3.58. The lowest BCUT2D eigenvalue weighted by molar-refractivity contribution is 0.102. The van der Waals surface area contributed by atoms with E-state index < -0.39 is 0 Å². The lowest BCUT2D eigenvalue weighted by atomic mass is 9.88. The van der Waals surface area contributed by atoms with Gasteiger partial charge in [-0.25, -0.2) is 9.97 Å². The Labute approximate surface area is 140 Å². The molecule has 0 saturated carbocycles. The van der Waals surface area contributed by atoms with E-state index in [1.54, 1.807) is 30.6 Å². The van der Waals surface area contributed by atoms with Gasteiger partial charge in [-0.2, -0.15) is 0 Å². The average molecular weight is 331 g/mol. The van der Waals surface area contributed by atoms with Crippen LogP contribution in [-0.4, -0.2) is 23.0 Å². The van der Waals surface area contributed by atoms with Crippen molar-refractivity contribution in [1.82, 2.24) is 9.97 Å². The lowest BCUT2D eigenvalue weighted by Crippen LogP contribution is -2.13. The van der Waals surface area contributed by atoms with E-state index in [0.29, 0.717) is 16.6 Å². The molecule has 0 spiro atoms. The van der Waals surface area contributed by atoms with E-state index in [1.165, 1.54) is 30.3 Å². The van der Waals surface area contributed by atoms with Crippen molar-refractivity contribution in [2.24, 2.45) is 5.92 Å². The van der Waals surface area contributed by atoms with Crippen molar-refractivity contribution in [3.05, 3.63) is 34.5 Å². The largest absolute Gasteiger partial charge is 0.481 e. The summed E-state index contributed by atoms with van der Waals surface area (Å²) >= 11 is 1.61. The molecule has 1 aliphatic rings. The minimum Gasteiger partial charge on any atom is -0.481 e. The molecule has 2 heterocycles. The van der Waals surface area contributed by atoms with E-state index in [-0.39, 0.29) is 5.91 Å². The maximum atomic E-state index is 12.3. The Kier molecular flexibility index (Phi) is 4.91. The highest BCUT2D eigenvalue weighted by Crippen LogP contribution is 2.34. The number of carbonyl (C=O) groups is 1. The zero-order valence-electron chi connectivity index (χ0n) is 13.5. The van der Waals surface area contributed by atoms with Gasteiger partial charge in [0.2, 0.25) is 5.88 Å². The number of thiazole rings is 1. The first-order valence-electron chi connectivity index (χ1n) is 7.99. The Morgan fingerprint density at radius 2 is 2.35 bits per heavy atom. The highest BCUT2D eigenvalue weighted by molar-refractivity contribution is 7.15. The second-order valence-corrected chi connectivity index (χ2v) is 6.91. The van der Waals surface area contributed by atoms with Gasteiger partial charge in [0.1, 0.15) is 0 Å². The fraction of sp³-hybridized carbons (Fsp3) is 0.471. The van der Waals surface area contributed by atoms with E-state index in [1.807, 2.05) is 0 Å². The van der Waals surface area contributed by atoms with Gasteiger partial charge in [-0.3, -0.25) is 10.1 Å². The quantitative estimate of drug-likeness (QED) is 0.907. The SMILES string of the molecule is CCCC1CCc2nc(NC(=O)c3ccc(OC)nc3)sc2C1. The molecule has 0 aliphatic heterocycles. The van der Waals surface area contributed by atoms with Crippen LogP contribution in [0.3, 0.4) is 0 Å². The minimum atomic E-state index is -0.184. The number of ether oxygens (including phenoxy) is 1. The predicted molar refractivity (Wildman–Crippen MR) is 91.3 cm³/mol. The molecule has 1 N–H and O–H groups in total. The molecule has 3 rings (SSSR count). The first-order valence-corrected chi connectivity index (χ1v) is 8.81. The second kappa shape index (κ2) is 7.08. The molecule has 1 aliphatic carbocycles. The van der Waals surface area contributed by atoms with Gasteiger partial charge in [0, 0.05) is 17.1 Å². The number of nitrogens with one attached hydrogen (secondary N) is 1. The van der Waals surface area contributed by atoms with E-state index in [4.69, 9.17) is 4.74 Å². The van der Waals surface area contributed by atoms with Gasteiger partial charge in [0.15, 0.2) is 5.13 Å². The number of methoxy groups -OCH3 is 1. The summed E-state index contributed by atoms with van der Waals surface area (Å²) in [6.07, 6.45) is 7.35. The fourth-order valence-electron chi connectivity index (χ4n) is 2.96. The van der Waals surface area contributed by atoms with Gasteiger partial charge in [-0.15, -0.1) is 11.3 Å². The summed E-state index contributed by atoms with van der Waals surface area (Å²) in [7, 11) is 1.55. The third-order valence-electron chi connectivity index (χ3n) is 4.17. The van der Waals surface area contributed by atoms with Crippen molar-refractivity contribution in [3.8, 4) is 5.88 Å². The summed E-state index contributed by atoms with van der Waals surface area (Å²) in [6, 6.07) is 3.38. The molecule has 0 saturated heterocycles. The van der Waals surface area contributed by atoms with Crippen LogP contribution in [0.15, 0.2) is 18.3 Å². The maximum absolute atomic E-state index is 12.3. The van der Waals surface area contributed by atoms with Crippen LogP contribution < -0.4 is 10.1 Å². The second-order valence-electron chi connectivity index (χ2n) is 5.83. The average Bonchev–Trinajstić information content (AvgIpc) is 2.96. The Morgan fingerprint density at radius 1 is 1.48 bits per heavy atom. The number of fused-ring (bicyclic) bond motifs is 1. The minimum absolute atomic E-state index is 0.184. The molecule has 0 aromatic carbocycles. The molecule has 122 valence electrons. The van der Waals surface area contributed by atoms with Crippen molar-refractivity contribution in [2.75, 3.05) is 12.4 Å². The van der Waals surface area contributed by atoms with Crippen molar-refractivity contribution >= 4 is 22.4 Å². The zero-order chi connectivity index (χ0) is 16.2. The monoisotopic (exact) mass is 331 g/mol. The summed E-state index contributed by atoms with van der Waals surface area (Å²) in [5.74, 6) is 1.08. The van der Waals surface area contributed by atoms with Gasteiger partial charge >= 0.3 is 0 Å². The Balaban J connectivity index is 1.67. The van der Waals surface area contributed by atoms with E-state index >= 15 is 0 Å². The Morgan fingerprint density at radius 3 is 3.04 bits per heavy atom. The topological polar surface area (TPSA) is 64.1 Å². The Hall–Kier alpha value is -1.95. The van der Waals surface area contributed by atoms with Gasteiger partial charge in [0.25, 0.3) is 5.91 Å². The number of hydrogen-bond acceptors (Lipinski definition) is 5. The number of aromatic nitrogens is 2. The molecule has 2 aromatic heterocycles. The number of pyridine rings is 1. The molecule has 5 nitrogen and oxygen atoms in total. The molecule has 1 atom stereocenters. The molecule has 0 fully saturated rings. The molecule has 1 unspecified atom stereocenters. The number of aryl methyl sites for hydroxylation is 1. The van der Waals surface area contributed by atoms with Crippen LogP contribution in [0.4, 0.5) is 5.13 Å². The smallest absolute Gasteiger partial charge is 0.259 e. The van der Waals surface area contributed by atoms with E-state index in [2.05, 4.69) is 22.2 Å². The molecular formula is C17H21N3O2S. The summed E-state index contributed by atoms with van der Waals surface area (Å²) in [6.45, 7) is 2.23. The molecule has 2 aromatic rings. The zero-order valence-corrected chi connectivity index (χ0v) is 14.3. The van der Waals surface area contributed by atoms with Gasteiger partial charge < -0.3 is 4.74 Å². The van der Waals surface area contributed by atoms with E-state index in [0.717, 1.165) is 24.5 Å². The van der Waals surface area contributed by atoms with Crippen LogP contribution in [0.1, 0.15) is 47.1 Å². The summed E-state index contributed by atoms with van der Waals surface area (Å²) < 4.78 is 5.00. The van der Waals surface area contributed by atoms with E-state index in [9.17, 15) is 4.79 Å². The van der Waals surface area contributed by atoms with Crippen LogP contribution in [0.25, 0.3) is 0 Å². The van der Waals surface area contributed by atoms with Crippen LogP contribution in [0.5, 0.6) is 5.88 Å². The normalized spacial score (nSPS) is 16.7. The third-order valence-corrected chi connectivity index (χ3v) is 5.20. The Bertz CT molecular complexity index is 682. The van der Waals surface area contributed by atoms with Crippen molar-refractivity contribution < 1.29 is 9.53 Å². The number of hydrogen-bond donors (Lipinski definition) is 1. The first-order chi connectivity index (χ1) is 11.2. The van der Waals surface area contributed by atoms with Crippen LogP contribution in [-0.2, 0) is 12.8 Å². The van der Waals surface area contributed by atoms with Gasteiger partial charge in [-0.05, 0) is 31.2 Å².